The molecular weight excluding hydrogens is 327 g/mol. The van der Waals surface area contributed by atoms with E-state index in [0.29, 0.717) is 12.4 Å². The van der Waals surface area contributed by atoms with Gasteiger partial charge in [-0.05, 0) is 35.9 Å². The monoisotopic (exact) mass is 338 g/mol. The second-order valence-electron chi connectivity index (χ2n) is 3.97. The second-order valence-corrected chi connectivity index (χ2v) is 4.83. The van der Waals surface area contributed by atoms with Gasteiger partial charge in [0, 0.05) is 18.1 Å². The fraction of sp³-hybridized carbons (Fsp3) is 0.154. The van der Waals surface area contributed by atoms with E-state index in [1.54, 1.807) is 18.2 Å². The summed E-state index contributed by atoms with van der Waals surface area (Å²) in [4.78, 5) is 11.3. The van der Waals surface area contributed by atoms with Gasteiger partial charge in [-0.1, -0.05) is 15.9 Å². The Hall–Kier alpha value is -2.02. The van der Waals surface area contributed by atoms with Crippen molar-refractivity contribution in [3.63, 3.8) is 0 Å². The number of nitrogens with one attached hydrogen (secondary N) is 2. The molecule has 0 spiro atoms. The SMILES string of the molecule is CNC(=O)c1ccc(NCc2cc(F)ccc2Br)nn1. The molecule has 2 aromatic rings. The van der Waals surface area contributed by atoms with Crippen LogP contribution in [0.5, 0.6) is 0 Å². The van der Waals surface area contributed by atoms with E-state index in [2.05, 4.69) is 36.8 Å². The Labute approximate surface area is 123 Å². The van der Waals surface area contributed by atoms with Crippen molar-refractivity contribution in [2.75, 3.05) is 12.4 Å². The van der Waals surface area contributed by atoms with Crippen molar-refractivity contribution in [2.45, 2.75) is 6.54 Å². The van der Waals surface area contributed by atoms with Gasteiger partial charge in [0.05, 0.1) is 0 Å². The van der Waals surface area contributed by atoms with Gasteiger partial charge in [0.1, 0.15) is 11.6 Å². The lowest BCUT2D eigenvalue weighted by Gasteiger charge is -2.07. The Morgan fingerprint density at radius 3 is 2.75 bits per heavy atom. The van der Waals surface area contributed by atoms with Gasteiger partial charge in [0.25, 0.3) is 5.91 Å². The summed E-state index contributed by atoms with van der Waals surface area (Å²) in [7, 11) is 1.53. The number of hydrogen-bond donors (Lipinski definition) is 2. The molecule has 1 heterocycles. The molecule has 0 fully saturated rings. The topological polar surface area (TPSA) is 66.9 Å². The summed E-state index contributed by atoms with van der Waals surface area (Å²) in [5.74, 6) is -0.0863. The maximum atomic E-state index is 13.1. The van der Waals surface area contributed by atoms with Gasteiger partial charge in [-0.3, -0.25) is 4.79 Å². The number of halogens is 2. The lowest BCUT2D eigenvalue weighted by atomic mass is 10.2. The highest BCUT2D eigenvalue weighted by Gasteiger charge is 2.06. The average Bonchev–Trinajstić information content (AvgIpc) is 2.48. The molecule has 7 heteroatoms. The van der Waals surface area contributed by atoms with Gasteiger partial charge < -0.3 is 10.6 Å². The van der Waals surface area contributed by atoms with Crippen LogP contribution in [0.15, 0.2) is 34.8 Å². The summed E-state index contributed by atoms with van der Waals surface area (Å²) >= 11 is 3.35. The van der Waals surface area contributed by atoms with Crippen LogP contribution in [0.4, 0.5) is 10.2 Å². The molecule has 0 aliphatic rings. The number of nitrogens with zero attached hydrogens (tertiary/aromatic N) is 2. The van der Waals surface area contributed by atoms with Crippen LogP contribution in [0.2, 0.25) is 0 Å². The Balaban J connectivity index is 2.04. The molecule has 20 heavy (non-hydrogen) atoms. The summed E-state index contributed by atoms with van der Waals surface area (Å²) in [6, 6.07) is 7.67. The molecule has 5 nitrogen and oxygen atoms in total. The number of aromatic nitrogens is 2. The predicted octanol–water partition coefficient (Wildman–Crippen LogP) is 2.35. The fourth-order valence-electron chi connectivity index (χ4n) is 1.54. The first-order chi connectivity index (χ1) is 9.60. The molecule has 1 aromatic heterocycles. The zero-order chi connectivity index (χ0) is 14.5. The average molecular weight is 339 g/mol. The normalized spacial score (nSPS) is 10.2. The summed E-state index contributed by atoms with van der Waals surface area (Å²) in [5, 5.41) is 13.1. The molecule has 0 bridgehead atoms. The molecule has 2 rings (SSSR count). The molecule has 0 aliphatic heterocycles. The van der Waals surface area contributed by atoms with Crippen molar-refractivity contribution < 1.29 is 9.18 Å². The molecule has 0 saturated heterocycles. The van der Waals surface area contributed by atoms with Crippen molar-refractivity contribution in [1.29, 1.82) is 0 Å². The molecule has 104 valence electrons. The van der Waals surface area contributed by atoms with Crippen molar-refractivity contribution in [1.82, 2.24) is 15.5 Å². The second kappa shape index (κ2) is 6.42. The summed E-state index contributed by atoms with van der Waals surface area (Å²) in [5.41, 5.74) is 1.01. The van der Waals surface area contributed by atoms with E-state index in [-0.39, 0.29) is 17.4 Å². The predicted molar refractivity (Wildman–Crippen MR) is 76.8 cm³/mol. The van der Waals surface area contributed by atoms with Gasteiger partial charge >= 0.3 is 0 Å². The van der Waals surface area contributed by atoms with Crippen LogP contribution in [0.25, 0.3) is 0 Å². The van der Waals surface area contributed by atoms with Crippen LogP contribution in [0, 0.1) is 5.82 Å². The molecule has 0 atom stereocenters. The molecule has 1 amide bonds. The highest BCUT2D eigenvalue weighted by Crippen LogP contribution is 2.18. The third kappa shape index (κ3) is 3.51. The zero-order valence-electron chi connectivity index (χ0n) is 10.7. The molecular formula is C13H12BrFN4O. The van der Waals surface area contributed by atoms with E-state index in [9.17, 15) is 9.18 Å². The van der Waals surface area contributed by atoms with E-state index in [4.69, 9.17) is 0 Å². The first-order valence-electron chi connectivity index (χ1n) is 5.84. The Morgan fingerprint density at radius 2 is 2.10 bits per heavy atom. The van der Waals surface area contributed by atoms with Gasteiger partial charge in [0.15, 0.2) is 5.69 Å². The summed E-state index contributed by atoms with van der Waals surface area (Å²) < 4.78 is 13.9. The van der Waals surface area contributed by atoms with Crippen LogP contribution in [-0.4, -0.2) is 23.2 Å². The van der Waals surface area contributed by atoms with Crippen LogP contribution in [0.3, 0.4) is 0 Å². The minimum atomic E-state index is -0.300. The summed E-state index contributed by atoms with van der Waals surface area (Å²) in [6.07, 6.45) is 0. The molecule has 1 aromatic carbocycles. The minimum Gasteiger partial charge on any atom is -0.364 e. The van der Waals surface area contributed by atoms with Gasteiger partial charge in [0.2, 0.25) is 0 Å². The Morgan fingerprint density at radius 1 is 1.30 bits per heavy atom. The summed E-state index contributed by atoms with van der Waals surface area (Å²) in [6.45, 7) is 0.395. The number of anilines is 1. The fourth-order valence-corrected chi connectivity index (χ4v) is 1.93. The number of rotatable bonds is 4. The number of hydrogen-bond acceptors (Lipinski definition) is 4. The maximum Gasteiger partial charge on any atom is 0.271 e. The first-order valence-corrected chi connectivity index (χ1v) is 6.63. The van der Waals surface area contributed by atoms with Crippen molar-refractivity contribution in [3.05, 3.63) is 51.9 Å². The quantitative estimate of drug-likeness (QED) is 0.897. The smallest absolute Gasteiger partial charge is 0.271 e. The largest absolute Gasteiger partial charge is 0.364 e. The van der Waals surface area contributed by atoms with Crippen molar-refractivity contribution in [3.8, 4) is 0 Å². The van der Waals surface area contributed by atoms with E-state index < -0.39 is 0 Å². The van der Waals surface area contributed by atoms with Gasteiger partial charge in [-0.15, -0.1) is 10.2 Å². The third-order valence-electron chi connectivity index (χ3n) is 2.59. The molecule has 0 aliphatic carbocycles. The molecule has 0 saturated carbocycles. The minimum absolute atomic E-state index is 0.241. The zero-order valence-corrected chi connectivity index (χ0v) is 12.2. The molecule has 2 N–H and O–H groups in total. The lowest BCUT2D eigenvalue weighted by Crippen LogP contribution is -2.19. The highest BCUT2D eigenvalue weighted by atomic mass is 79.9. The molecule has 0 unspecified atom stereocenters. The number of carbonyl (C=O) groups excluding carboxylic acids is 1. The highest BCUT2D eigenvalue weighted by molar-refractivity contribution is 9.10. The van der Waals surface area contributed by atoms with E-state index >= 15 is 0 Å². The van der Waals surface area contributed by atoms with Gasteiger partial charge in [-0.25, -0.2) is 4.39 Å². The van der Waals surface area contributed by atoms with Crippen LogP contribution in [0.1, 0.15) is 16.1 Å². The van der Waals surface area contributed by atoms with E-state index in [1.807, 2.05) is 0 Å². The lowest BCUT2D eigenvalue weighted by molar-refractivity contribution is 0.0957. The molecule has 0 radical (unpaired) electrons. The van der Waals surface area contributed by atoms with E-state index in [0.717, 1.165) is 10.0 Å². The van der Waals surface area contributed by atoms with Crippen LogP contribution < -0.4 is 10.6 Å². The Bertz CT molecular complexity index is 618. The number of benzene rings is 1. The van der Waals surface area contributed by atoms with E-state index in [1.165, 1.54) is 19.2 Å². The standard InChI is InChI=1S/C13H12BrFN4O/c1-16-13(20)11-4-5-12(19-18-11)17-7-8-6-9(15)2-3-10(8)14/h2-6H,7H2,1H3,(H,16,20)(H,17,19). The third-order valence-corrected chi connectivity index (χ3v) is 3.37. The van der Waals surface area contributed by atoms with Crippen molar-refractivity contribution in [2.24, 2.45) is 0 Å². The Kier molecular flexibility index (Phi) is 4.62. The van der Waals surface area contributed by atoms with Crippen molar-refractivity contribution >= 4 is 27.7 Å². The number of amides is 1. The van der Waals surface area contributed by atoms with Crippen LogP contribution >= 0.6 is 15.9 Å². The van der Waals surface area contributed by atoms with Crippen LogP contribution in [-0.2, 0) is 6.54 Å². The first kappa shape index (κ1) is 14.4. The number of carbonyl (C=O) groups is 1. The maximum absolute atomic E-state index is 13.1. The van der Waals surface area contributed by atoms with Gasteiger partial charge in [-0.2, -0.15) is 0 Å².